The standard InChI is InChI=1S/C17H18FN3O2/c1-11(2)19-17(23)21-13-7-5-6-12(10-13)20-16(22)14-8-3-4-9-15(14)18/h3-11H,1-2H3,(H,20,22)(H2,19,21,23). The summed E-state index contributed by atoms with van der Waals surface area (Å²) < 4.78 is 13.6. The monoisotopic (exact) mass is 315 g/mol. The number of carbonyl (C=O) groups is 2. The van der Waals surface area contributed by atoms with Crippen molar-refractivity contribution in [3.63, 3.8) is 0 Å². The Balaban J connectivity index is 2.07. The maximum Gasteiger partial charge on any atom is 0.319 e. The molecule has 3 amide bonds. The molecule has 0 atom stereocenters. The van der Waals surface area contributed by atoms with Crippen molar-refractivity contribution in [2.45, 2.75) is 19.9 Å². The minimum absolute atomic E-state index is 0.0129. The van der Waals surface area contributed by atoms with E-state index in [-0.39, 0.29) is 17.6 Å². The highest BCUT2D eigenvalue weighted by atomic mass is 19.1. The molecule has 0 saturated carbocycles. The molecule has 0 aliphatic rings. The molecule has 2 aromatic carbocycles. The van der Waals surface area contributed by atoms with Gasteiger partial charge in [0, 0.05) is 17.4 Å². The summed E-state index contributed by atoms with van der Waals surface area (Å²) in [7, 11) is 0. The lowest BCUT2D eigenvalue weighted by Gasteiger charge is -2.11. The average molecular weight is 315 g/mol. The highest BCUT2D eigenvalue weighted by Crippen LogP contribution is 2.17. The molecule has 6 heteroatoms. The van der Waals surface area contributed by atoms with Crippen molar-refractivity contribution in [2.24, 2.45) is 0 Å². The normalized spacial score (nSPS) is 10.3. The molecule has 0 aromatic heterocycles. The largest absolute Gasteiger partial charge is 0.336 e. The molecule has 0 fully saturated rings. The van der Waals surface area contributed by atoms with E-state index in [0.29, 0.717) is 11.4 Å². The minimum atomic E-state index is -0.587. The second-order valence-electron chi connectivity index (χ2n) is 5.27. The van der Waals surface area contributed by atoms with E-state index in [4.69, 9.17) is 0 Å². The van der Waals surface area contributed by atoms with Gasteiger partial charge in [0.1, 0.15) is 5.82 Å². The second kappa shape index (κ2) is 7.40. The first kappa shape index (κ1) is 16.5. The van der Waals surface area contributed by atoms with Crippen LogP contribution >= 0.6 is 0 Å². The van der Waals surface area contributed by atoms with E-state index in [1.165, 1.54) is 18.2 Å². The Bertz CT molecular complexity index is 716. The second-order valence-corrected chi connectivity index (χ2v) is 5.27. The maximum absolute atomic E-state index is 13.6. The summed E-state index contributed by atoms with van der Waals surface area (Å²) in [6, 6.07) is 12.0. The summed E-state index contributed by atoms with van der Waals surface area (Å²) in [4.78, 5) is 23.7. The number of carbonyl (C=O) groups excluding carboxylic acids is 2. The first-order valence-electron chi connectivity index (χ1n) is 7.19. The zero-order valence-electron chi connectivity index (χ0n) is 12.9. The fourth-order valence-electron chi connectivity index (χ4n) is 1.95. The predicted octanol–water partition coefficient (Wildman–Crippen LogP) is 3.61. The van der Waals surface area contributed by atoms with Gasteiger partial charge in [0.05, 0.1) is 5.56 Å². The van der Waals surface area contributed by atoms with Crippen molar-refractivity contribution < 1.29 is 14.0 Å². The lowest BCUT2D eigenvalue weighted by Crippen LogP contribution is -2.34. The van der Waals surface area contributed by atoms with Gasteiger partial charge in [-0.3, -0.25) is 4.79 Å². The minimum Gasteiger partial charge on any atom is -0.336 e. The van der Waals surface area contributed by atoms with Crippen LogP contribution in [0.4, 0.5) is 20.6 Å². The van der Waals surface area contributed by atoms with Crippen LogP contribution in [0.3, 0.4) is 0 Å². The number of amides is 3. The van der Waals surface area contributed by atoms with Crippen LogP contribution in [0.2, 0.25) is 0 Å². The van der Waals surface area contributed by atoms with Crippen molar-refractivity contribution in [3.8, 4) is 0 Å². The van der Waals surface area contributed by atoms with Gasteiger partial charge in [-0.15, -0.1) is 0 Å². The fourth-order valence-corrected chi connectivity index (χ4v) is 1.95. The van der Waals surface area contributed by atoms with E-state index in [0.717, 1.165) is 0 Å². The van der Waals surface area contributed by atoms with Crippen LogP contribution in [0.25, 0.3) is 0 Å². The Hall–Kier alpha value is -2.89. The van der Waals surface area contributed by atoms with Crippen molar-refractivity contribution in [2.75, 3.05) is 10.6 Å². The molecule has 0 heterocycles. The fraction of sp³-hybridized carbons (Fsp3) is 0.176. The lowest BCUT2D eigenvalue weighted by atomic mass is 10.2. The summed E-state index contributed by atoms with van der Waals surface area (Å²) in [5, 5.41) is 7.96. The van der Waals surface area contributed by atoms with Crippen LogP contribution in [-0.2, 0) is 0 Å². The highest BCUT2D eigenvalue weighted by molar-refractivity contribution is 6.04. The van der Waals surface area contributed by atoms with Crippen LogP contribution in [0.1, 0.15) is 24.2 Å². The number of rotatable bonds is 4. The molecule has 5 nitrogen and oxygen atoms in total. The Morgan fingerprint density at radius 2 is 1.61 bits per heavy atom. The van der Waals surface area contributed by atoms with Gasteiger partial charge in [0.15, 0.2) is 0 Å². The van der Waals surface area contributed by atoms with Crippen LogP contribution in [0, 0.1) is 5.82 Å². The Morgan fingerprint density at radius 3 is 2.26 bits per heavy atom. The molecular weight excluding hydrogens is 297 g/mol. The molecule has 120 valence electrons. The van der Waals surface area contributed by atoms with Crippen molar-refractivity contribution in [3.05, 3.63) is 59.9 Å². The first-order valence-corrected chi connectivity index (χ1v) is 7.19. The first-order chi connectivity index (χ1) is 11.0. The third kappa shape index (κ3) is 4.81. The van der Waals surface area contributed by atoms with Gasteiger partial charge >= 0.3 is 6.03 Å². The van der Waals surface area contributed by atoms with Crippen molar-refractivity contribution >= 4 is 23.3 Å². The predicted molar refractivity (Wildman–Crippen MR) is 88.1 cm³/mol. The van der Waals surface area contributed by atoms with Crippen LogP contribution in [0.15, 0.2) is 48.5 Å². The number of urea groups is 1. The van der Waals surface area contributed by atoms with Gasteiger partial charge in [-0.1, -0.05) is 18.2 Å². The highest BCUT2D eigenvalue weighted by Gasteiger charge is 2.11. The number of hydrogen-bond acceptors (Lipinski definition) is 2. The molecule has 3 N–H and O–H groups in total. The van der Waals surface area contributed by atoms with Gasteiger partial charge in [0.25, 0.3) is 5.91 Å². The molecule has 0 bridgehead atoms. The van der Waals surface area contributed by atoms with Gasteiger partial charge < -0.3 is 16.0 Å². The molecule has 0 spiro atoms. The van der Waals surface area contributed by atoms with Gasteiger partial charge in [-0.05, 0) is 44.2 Å². The molecule has 0 radical (unpaired) electrons. The van der Waals surface area contributed by atoms with Crippen LogP contribution < -0.4 is 16.0 Å². The maximum atomic E-state index is 13.6. The number of hydrogen-bond donors (Lipinski definition) is 3. The van der Waals surface area contributed by atoms with Crippen molar-refractivity contribution in [1.82, 2.24) is 5.32 Å². The smallest absolute Gasteiger partial charge is 0.319 e. The van der Waals surface area contributed by atoms with Crippen LogP contribution in [-0.4, -0.2) is 18.0 Å². The van der Waals surface area contributed by atoms with E-state index in [1.54, 1.807) is 30.3 Å². The Labute approximate surface area is 133 Å². The quantitative estimate of drug-likeness (QED) is 0.806. The van der Waals surface area contributed by atoms with E-state index in [1.807, 2.05) is 13.8 Å². The van der Waals surface area contributed by atoms with E-state index in [9.17, 15) is 14.0 Å². The molecule has 0 aliphatic heterocycles. The summed E-state index contributed by atoms with van der Waals surface area (Å²) >= 11 is 0. The summed E-state index contributed by atoms with van der Waals surface area (Å²) in [5.74, 6) is -1.14. The summed E-state index contributed by atoms with van der Waals surface area (Å²) in [6.45, 7) is 3.70. The number of benzene rings is 2. The molecule has 2 rings (SSSR count). The van der Waals surface area contributed by atoms with E-state index in [2.05, 4.69) is 16.0 Å². The zero-order chi connectivity index (χ0) is 16.8. The molecule has 0 unspecified atom stereocenters. The number of halogens is 1. The van der Waals surface area contributed by atoms with E-state index >= 15 is 0 Å². The number of anilines is 2. The molecule has 0 aliphatic carbocycles. The van der Waals surface area contributed by atoms with E-state index < -0.39 is 11.7 Å². The summed E-state index contributed by atoms with van der Waals surface area (Å²) in [6.07, 6.45) is 0. The third-order valence-electron chi connectivity index (χ3n) is 2.92. The van der Waals surface area contributed by atoms with Crippen molar-refractivity contribution in [1.29, 1.82) is 0 Å². The molecule has 23 heavy (non-hydrogen) atoms. The average Bonchev–Trinajstić information content (AvgIpc) is 2.47. The summed E-state index contributed by atoms with van der Waals surface area (Å²) in [5.41, 5.74) is 0.943. The molecule has 0 saturated heterocycles. The third-order valence-corrected chi connectivity index (χ3v) is 2.92. The molecule has 2 aromatic rings. The van der Waals surface area contributed by atoms with Gasteiger partial charge in [-0.2, -0.15) is 0 Å². The molecular formula is C17H18FN3O2. The topological polar surface area (TPSA) is 70.2 Å². The van der Waals surface area contributed by atoms with Gasteiger partial charge in [0.2, 0.25) is 0 Å². The Kier molecular flexibility index (Phi) is 5.30. The van der Waals surface area contributed by atoms with Crippen LogP contribution in [0.5, 0.6) is 0 Å². The SMILES string of the molecule is CC(C)NC(=O)Nc1cccc(NC(=O)c2ccccc2F)c1. The van der Waals surface area contributed by atoms with Gasteiger partial charge in [-0.25, -0.2) is 9.18 Å². The zero-order valence-corrected chi connectivity index (χ0v) is 12.9. The Morgan fingerprint density at radius 1 is 0.957 bits per heavy atom. The number of nitrogens with one attached hydrogen (secondary N) is 3. The lowest BCUT2D eigenvalue weighted by molar-refractivity contribution is 0.102.